The Kier molecular flexibility index (Phi) is 7.45. The molecule has 0 aliphatic carbocycles. The van der Waals surface area contributed by atoms with Crippen molar-refractivity contribution in [2.75, 3.05) is 6.26 Å². The quantitative estimate of drug-likeness (QED) is 0.669. The van der Waals surface area contributed by atoms with Crippen LogP contribution in [-0.2, 0) is 12.3 Å². The van der Waals surface area contributed by atoms with Crippen molar-refractivity contribution in [2.45, 2.75) is 57.9 Å². The van der Waals surface area contributed by atoms with Crippen molar-refractivity contribution in [1.82, 2.24) is 5.32 Å². The van der Waals surface area contributed by atoms with Crippen LogP contribution in [0, 0.1) is 0 Å². The van der Waals surface area contributed by atoms with E-state index in [1.165, 1.54) is 25.7 Å². The van der Waals surface area contributed by atoms with E-state index in [2.05, 4.69) is 37.6 Å². The third-order valence-corrected chi connectivity index (χ3v) is 3.44. The summed E-state index contributed by atoms with van der Waals surface area (Å²) >= 11 is 1.79. The molecule has 3 heteroatoms. The van der Waals surface area contributed by atoms with E-state index >= 15 is 0 Å². The summed E-state index contributed by atoms with van der Waals surface area (Å²) in [5.74, 6) is 3.09. The van der Waals surface area contributed by atoms with Crippen LogP contribution >= 0.6 is 11.8 Å². The van der Waals surface area contributed by atoms with Crippen LogP contribution in [0.25, 0.3) is 0 Å². The van der Waals surface area contributed by atoms with Gasteiger partial charge in [0.1, 0.15) is 11.5 Å². The summed E-state index contributed by atoms with van der Waals surface area (Å²) in [6.07, 6.45) is 7.30. The lowest BCUT2D eigenvalue weighted by Gasteiger charge is -2.12. The Hall–Kier alpha value is -0.410. The second kappa shape index (κ2) is 8.65. The van der Waals surface area contributed by atoms with Gasteiger partial charge < -0.3 is 9.73 Å². The number of furan rings is 1. The van der Waals surface area contributed by atoms with Crippen LogP contribution in [0.3, 0.4) is 0 Å². The van der Waals surface area contributed by atoms with E-state index in [0.29, 0.717) is 6.04 Å². The maximum atomic E-state index is 5.72. The standard InChI is InChI=1S/C14H25NOS/c1-4-5-6-7-12(2)15-10-13-8-9-14(16-13)11-17-3/h8-9,12,15H,4-7,10-11H2,1-3H3. The maximum Gasteiger partial charge on any atom is 0.118 e. The smallest absolute Gasteiger partial charge is 0.118 e. The number of thioether (sulfide) groups is 1. The second-order valence-electron chi connectivity index (χ2n) is 4.58. The zero-order chi connectivity index (χ0) is 12.5. The lowest BCUT2D eigenvalue weighted by Crippen LogP contribution is -2.25. The average Bonchev–Trinajstić information content (AvgIpc) is 2.75. The normalized spacial score (nSPS) is 12.9. The Balaban J connectivity index is 2.19. The highest BCUT2D eigenvalue weighted by atomic mass is 32.2. The van der Waals surface area contributed by atoms with Gasteiger partial charge in [-0.1, -0.05) is 26.2 Å². The number of rotatable bonds is 9. The molecular weight excluding hydrogens is 230 g/mol. The minimum Gasteiger partial charge on any atom is -0.464 e. The van der Waals surface area contributed by atoms with Gasteiger partial charge >= 0.3 is 0 Å². The van der Waals surface area contributed by atoms with Gasteiger partial charge in [0.05, 0.1) is 12.3 Å². The van der Waals surface area contributed by atoms with E-state index in [9.17, 15) is 0 Å². The maximum absolute atomic E-state index is 5.72. The number of nitrogens with one attached hydrogen (secondary N) is 1. The number of hydrogen-bond donors (Lipinski definition) is 1. The third-order valence-electron chi connectivity index (χ3n) is 2.87. The molecule has 0 radical (unpaired) electrons. The van der Waals surface area contributed by atoms with Gasteiger partial charge in [0.25, 0.3) is 0 Å². The van der Waals surface area contributed by atoms with Gasteiger partial charge in [0.15, 0.2) is 0 Å². The predicted molar refractivity (Wildman–Crippen MR) is 76.4 cm³/mol. The molecule has 0 aliphatic heterocycles. The topological polar surface area (TPSA) is 25.2 Å². The Bertz CT molecular complexity index is 298. The molecule has 0 fully saturated rings. The highest BCUT2D eigenvalue weighted by Crippen LogP contribution is 2.13. The minimum atomic E-state index is 0.579. The van der Waals surface area contributed by atoms with E-state index in [1.807, 2.05) is 0 Å². The average molecular weight is 255 g/mol. The summed E-state index contributed by atoms with van der Waals surface area (Å²) in [5.41, 5.74) is 0. The Labute approximate surface area is 110 Å². The Morgan fingerprint density at radius 2 is 2.06 bits per heavy atom. The molecule has 2 nitrogen and oxygen atoms in total. The molecule has 0 aliphatic rings. The van der Waals surface area contributed by atoms with Crippen molar-refractivity contribution >= 4 is 11.8 Å². The molecule has 0 spiro atoms. The molecule has 0 aromatic carbocycles. The summed E-state index contributed by atoms with van der Waals surface area (Å²) in [4.78, 5) is 0. The van der Waals surface area contributed by atoms with Crippen molar-refractivity contribution in [1.29, 1.82) is 0 Å². The van der Waals surface area contributed by atoms with Crippen LogP contribution < -0.4 is 5.32 Å². The summed E-state index contributed by atoms with van der Waals surface area (Å²) < 4.78 is 5.72. The zero-order valence-electron chi connectivity index (χ0n) is 11.3. The van der Waals surface area contributed by atoms with Crippen LogP contribution in [0.4, 0.5) is 0 Å². The lowest BCUT2D eigenvalue weighted by molar-refractivity contribution is 0.423. The van der Waals surface area contributed by atoms with Crippen LogP contribution in [-0.4, -0.2) is 12.3 Å². The van der Waals surface area contributed by atoms with Gasteiger partial charge in [0.2, 0.25) is 0 Å². The fourth-order valence-corrected chi connectivity index (χ4v) is 2.25. The second-order valence-corrected chi connectivity index (χ2v) is 5.44. The van der Waals surface area contributed by atoms with Crippen molar-refractivity contribution in [3.8, 4) is 0 Å². The van der Waals surface area contributed by atoms with E-state index in [4.69, 9.17) is 4.42 Å². The molecule has 0 saturated carbocycles. The number of unbranched alkanes of at least 4 members (excludes halogenated alkanes) is 2. The predicted octanol–water partition coefficient (Wildman–Crippen LogP) is 4.20. The molecule has 0 bridgehead atoms. The highest BCUT2D eigenvalue weighted by Gasteiger charge is 2.04. The first-order valence-electron chi connectivity index (χ1n) is 6.56. The highest BCUT2D eigenvalue weighted by molar-refractivity contribution is 7.97. The molecule has 0 amide bonds. The molecule has 0 saturated heterocycles. The third kappa shape index (κ3) is 6.18. The van der Waals surface area contributed by atoms with Gasteiger partial charge in [-0.15, -0.1) is 0 Å². The molecule has 1 rings (SSSR count). The molecule has 1 aromatic heterocycles. The first kappa shape index (κ1) is 14.7. The van der Waals surface area contributed by atoms with Crippen LogP contribution in [0.15, 0.2) is 16.5 Å². The molecule has 1 heterocycles. The van der Waals surface area contributed by atoms with Crippen molar-refractivity contribution in [2.24, 2.45) is 0 Å². The lowest BCUT2D eigenvalue weighted by atomic mass is 10.1. The van der Waals surface area contributed by atoms with Crippen LogP contribution in [0.1, 0.15) is 51.1 Å². The molecular formula is C14H25NOS. The first-order chi connectivity index (χ1) is 8.26. The molecule has 17 heavy (non-hydrogen) atoms. The van der Waals surface area contributed by atoms with E-state index < -0.39 is 0 Å². The summed E-state index contributed by atoms with van der Waals surface area (Å²) in [6, 6.07) is 4.74. The zero-order valence-corrected chi connectivity index (χ0v) is 12.1. The molecule has 1 unspecified atom stereocenters. The summed E-state index contributed by atoms with van der Waals surface area (Å²) in [6.45, 7) is 5.34. The SMILES string of the molecule is CCCCCC(C)NCc1ccc(CSC)o1. The van der Waals surface area contributed by atoms with Crippen molar-refractivity contribution in [3.05, 3.63) is 23.7 Å². The Morgan fingerprint density at radius 3 is 2.76 bits per heavy atom. The van der Waals surface area contributed by atoms with E-state index in [1.54, 1.807) is 11.8 Å². The molecule has 1 N–H and O–H groups in total. The van der Waals surface area contributed by atoms with Gasteiger partial charge in [-0.3, -0.25) is 0 Å². The van der Waals surface area contributed by atoms with E-state index in [0.717, 1.165) is 23.8 Å². The Morgan fingerprint density at radius 1 is 1.29 bits per heavy atom. The molecule has 98 valence electrons. The van der Waals surface area contributed by atoms with Crippen molar-refractivity contribution < 1.29 is 4.42 Å². The van der Waals surface area contributed by atoms with Crippen LogP contribution in [0.5, 0.6) is 0 Å². The summed E-state index contributed by atoms with van der Waals surface area (Å²) in [7, 11) is 0. The fourth-order valence-electron chi connectivity index (χ4n) is 1.81. The van der Waals surface area contributed by atoms with E-state index in [-0.39, 0.29) is 0 Å². The summed E-state index contributed by atoms with van der Waals surface area (Å²) in [5, 5.41) is 3.51. The largest absolute Gasteiger partial charge is 0.464 e. The molecule has 1 aromatic rings. The number of hydrogen-bond acceptors (Lipinski definition) is 3. The van der Waals surface area contributed by atoms with Gasteiger partial charge in [-0.05, 0) is 31.7 Å². The van der Waals surface area contributed by atoms with Gasteiger partial charge in [-0.2, -0.15) is 11.8 Å². The van der Waals surface area contributed by atoms with Crippen LogP contribution in [0.2, 0.25) is 0 Å². The minimum absolute atomic E-state index is 0.579. The fraction of sp³-hybridized carbons (Fsp3) is 0.714. The van der Waals surface area contributed by atoms with Crippen molar-refractivity contribution in [3.63, 3.8) is 0 Å². The van der Waals surface area contributed by atoms with Gasteiger partial charge in [0, 0.05) is 6.04 Å². The monoisotopic (exact) mass is 255 g/mol. The van der Waals surface area contributed by atoms with Gasteiger partial charge in [-0.25, -0.2) is 0 Å². The first-order valence-corrected chi connectivity index (χ1v) is 7.95. The molecule has 1 atom stereocenters.